The van der Waals surface area contributed by atoms with E-state index in [4.69, 9.17) is 14.2 Å². The van der Waals surface area contributed by atoms with E-state index in [2.05, 4.69) is 86.2 Å². The van der Waals surface area contributed by atoms with Crippen molar-refractivity contribution < 1.29 is 33.4 Å². The highest BCUT2D eigenvalue weighted by Gasteiger charge is 2.33. The fourth-order valence-corrected chi connectivity index (χ4v) is 9.16. The van der Waals surface area contributed by atoms with E-state index in [0.29, 0.717) is 49.4 Å². The maximum atomic E-state index is 13.3. The Bertz CT molecular complexity index is 2410. The number of imide groups is 1. The summed E-state index contributed by atoms with van der Waals surface area (Å²) < 4.78 is 18.4. The van der Waals surface area contributed by atoms with Gasteiger partial charge in [-0.3, -0.25) is 29.5 Å². The van der Waals surface area contributed by atoms with Gasteiger partial charge in [0, 0.05) is 47.0 Å². The van der Waals surface area contributed by atoms with Crippen molar-refractivity contribution in [2.24, 2.45) is 11.8 Å². The zero-order valence-corrected chi connectivity index (χ0v) is 37.2. The number of nitrogens with one attached hydrogen (secondary N) is 1. The number of pyridine rings is 1. The van der Waals surface area contributed by atoms with Crippen LogP contribution in [0.25, 0.3) is 16.7 Å². The summed E-state index contributed by atoms with van der Waals surface area (Å²) >= 11 is 0. The Balaban J connectivity index is 0.819. The number of allylic oxidation sites excluding steroid dienone is 10. The Labute approximate surface area is 372 Å². The van der Waals surface area contributed by atoms with E-state index >= 15 is 0 Å². The highest BCUT2D eigenvalue weighted by Crippen LogP contribution is 2.38. The monoisotopic (exact) mass is 848 g/mol. The van der Waals surface area contributed by atoms with Gasteiger partial charge in [-0.2, -0.15) is 0 Å². The number of ketones is 2. The molecule has 4 aliphatic rings. The Hall–Kier alpha value is -5.93. The zero-order chi connectivity index (χ0) is 44.5. The number of rotatable bonds is 17. The molecule has 63 heavy (non-hydrogen) atoms. The number of hydrogen-bond acceptors (Lipinski definition) is 8. The van der Waals surface area contributed by atoms with Gasteiger partial charge in [-0.15, -0.1) is 0 Å². The molecule has 3 aromatic rings. The molecule has 0 radical (unpaired) electrons. The second-order valence-corrected chi connectivity index (χ2v) is 17.5. The first-order valence-corrected chi connectivity index (χ1v) is 22.5. The highest BCUT2D eigenvalue weighted by atomic mass is 16.5. The summed E-state index contributed by atoms with van der Waals surface area (Å²) in [5.74, 6) is 0.474. The number of aromatic nitrogens is 1. The van der Waals surface area contributed by atoms with E-state index in [9.17, 15) is 19.2 Å². The molecule has 3 atom stereocenters. The molecule has 0 spiro atoms. The zero-order valence-electron chi connectivity index (χ0n) is 37.2. The van der Waals surface area contributed by atoms with Crippen LogP contribution in [-0.2, 0) is 19.1 Å². The predicted molar refractivity (Wildman–Crippen MR) is 247 cm³/mol. The third-order valence-electron chi connectivity index (χ3n) is 12.8. The average Bonchev–Trinajstić information content (AvgIpc) is 3.62. The SMILES string of the molecule is C=C/C(=C\C=C(/C)OC1CCC=C(C2CC=C(CCOCCOc3ccc4c(c3)C(=O)C(CC3CCC(=O)NC3=O)=CC4=O)C2)CC1)c1ccc(-c2cnccc2C)c(C(C)C)c1. The molecule has 7 rings (SSSR count). The third-order valence-corrected chi connectivity index (χ3v) is 12.8. The first kappa shape index (κ1) is 45.1. The number of aryl methyl sites for hydroxylation is 1. The normalized spacial score (nSPS) is 20.7. The molecule has 3 unspecified atom stereocenters. The molecule has 1 aromatic heterocycles. The van der Waals surface area contributed by atoms with Crippen LogP contribution in [0, 0.1) is 18.8 Å². The number of benzene rings is 2. The standard InChI is InChI=1S/C54H60N2O7/c1-6-38(41-15-19-46(48(30-41)34(2)3)50-33-55-24-22-35(50)4)12-10-36(5)63-44-9-7-8-39(14-17-44)40-13-11-37(28-40)23-25-61-26-27-62-45-18-20-47-49(32-45)53(59)43(31-51(47)57)29-42-16-21-52(58)56-54(42)60/h6,8,10-12,15,18-20,22,24,30-34,40,42,44H,1,7,9,13-14,16-17,21,23,25-29H2,2-5H3,(H,56,58,60)/b36-10+,38-12+. The molecule has 0 saturated carbocycles. The summed E-state index contributed by atoms with van der Waals surface area (Å²) in [6.07, 6.45) is 24.0. The molecule has 3 aliphatic carbocycles. The Morgan fingerprint density at radius 2 is 1.76 bits per heavy atom. The minimum atomic E-state index is -0.520. The van der Waals surface area contributed by atoms with E-state index in [-0.39, 0.29) is 47.6 Å². The lowest BCUT2D eigenvalue weighted by molar-refractivity contribution is -0.136. The van der Waals surface area contributed by atoms with Gasteiger partial charge in [0.05, 0.1) is 25.1 Å². The van der Waals surface area contributed by atoms with Gasteiger partial charge in [-0.25, -0.2) is 0 Å². The van der Waals surface area contributed by atoms with Crippen molar-refractivity contribution in [3.8, 4) is 16.9 Å². The number of carbonyl (C=O) groups is 4. The number of carbonyl (C=O) groups excluding carboxylic acids is 4. The van der Waals surface area contributed by atoms with Crippen molar-refractivity contribution in [1.82, 2.24) is 10.3 Å². The quantitative estimate of drug-likeness (QED) is 0.0469. The van der Waals surface area contributed by atoms with Crippen LogP contribution >= 0.6 is 0 Å². The van der Waals surface area contributed by atoms with Gasteiger partial charge in [0.25, 0.3) is 0 Å². The number of ether oxygens (including phenoxy) is 3. The van der Waals surface area contributed by atoms with Crippen molar-refractivity contribution in [2.45, 2.75) is 104 Å². The second kappa shape index (κ2) is 21.0. The van der Waals surface area contributed by atoms with Crippen molar-refractivity contribution in [1.29, 1.82) is 0 Å². The lowest BCUT2D eigenvalue weighted by Crippen LogP contribution is -2.41. The molecule has 1 saturated heterocycles. The molecule has 9 heteroatoms. The second-order valence-electron chi connectivity index (χ2n) is 17.5. The fourth-order valence-electron chi connectivity index (χ4n) is 9.16. The molecule has 1 aliphatic heterocycles. The lowest BCUT2D eigenvalue weighted by Gasteiger charge is -2.23. The summed E-state index contributed by atoms with van der Waals surface area (Å²) in [7, 11) is 0. The van der Waals surface area contributed by atoms with Gasteiger partial charge in [0.1, 0.15) is 12.4 Å². The van der Waals surface area contributed by atoms with E-state index in [1.54, 1.807) is 23.8 Å². The van der Waals surface area contributed by atoms with Crippen molar-refractivity contribution >= 4 is 29.0 Å². The summed E-state index contributed by atoms with van der Waals surface area (Å²) in [6, 6.07) is 13.6. The van der Waals surface area contributed by atoms with Crippen LogP contribution in [0.1, 0.15) is 128 Å². The average molecular weight is 849 g/mol. The van der Waals surface area contributed by atoms with Gasteiger partial charge in [-0.1, -0.05) is 74.1 Å². The minimum absolute atomic E-state index is 0.117. The molecule has 2 heterocycles. The third kappa shape index (κ3) is 11.4. The smallest absolute Gasteiger partial charge is 0.230 e. The predicted octanol–water partition coefficient (Wildman–Crippen LogP) is 11.1. The molecular weight excluding hydrogens is 789 g/mol. The van der Waals surface area contributed by atoms with Crippen LogP contribution in [0.2, 0.25) is 0 Å². The molecule has 1 N–H and O–H groups in total. The van der Waals surface area contributed by atoms with Crippen molar-refractivity contribution in [2.75, 3.05) is 19.8 Å². The van der Waals surface area contributed by atoms with E-state index < -0.39 is 11.8 Å². The Morgan fingerprint density at radius 1 is 0.921 bits per heavy atom. The molecule has 328 valence electrons. The topological polar surface area (TPSA) is 121 Å². The van der Waals surface area contributed by atoms with Gasteiger partial charge < -0.3 is 14.2 Å². The first-order chi connectivity index (χ1) is 30.5. The largest absolute Gasteiger partial charge is 0.495 e. The van der Waals surface area contributed by atoms with Crippen LogP contribution in [-0.4, -0.2) is 54.3 Å². The van der Waals surface area contributed by atoms with Crippen LogP contribution in [0.5, 0.6) is 5.75 Å². The van der Waals surface area contributed by atoms with Crippen LogP contribution in [0.15, 0.2) is 120 Å². The Morgan fingerprint density at radius 3 is 2.56 bits per heavy atom. The van der Waals surface area contributed by atoms with Crippen LogP contribution < -0.4 is 10.1 Å². The number of nitrogens with zero attached hydrogens (tertiary/aromatic N) is 1. The molecule has 1 fully saturated rings. The molecule has 0 bridgehead atoms. The molecule has 9 nitrogen and oxygen atoms in total. The van der Waals surface area contributed by atoms with E-state index in [1.165, 1.54) is 33.9 Å². The number of fused-ring (bicyclic) bond motifs is 1. The number of amides is 2. The van der Waals surface area contributed by atoms with E-state index in [1.807, 2.05) is 25.4 Å². The molecule has 2 aromatic carbocycles. The van der Waals surface area contributed by atoms with Crippen LogP contribution in [0.4, 0.5) is 0 Å². The fraction of sp³-hybridized carbons (Fsp3) is 0.389. The van der Waals surface area contributed by atoms with E-state index in [0.717, 1.165) is 61.8 Å². The first-order valence-electron chi connectivity index (χ1n) is 22.5. The van der Waals surface area contributed by atoms with Gasteiger partial charge in [-0.05, 0) is 148 Å². The number of piperidine rings is 1. The maximum Gasteiger partial charge on any atom is 0.230 e. The number of Topliss-reactive ketones (excluding diaryl/α,β-unsaturated/α-hetero) is 1. The molecular formula is C54H60N2O7. The number of hydrogen-bond donors (Lipinski definition) is 1. The van der Waals surface area contributed by atoms with Gasteiger partial charge in [0.15, 0.2) is 11.6 Å². The lowest BCUT2D eigenvalue weighted by atomic mass is 9.83. The minimum Gasteiger partial charge on any atom is -0.495 e. The summed E-state index contributed by atoms with van der Waals surface area (Å²) in [4.78, 5) is 54.3. The van der Waals surface area contributed by atoms with Crippen LogP contribution in [0.3, 0.4) is 0 Å². The summed E-state index contributed by atoms with van der Waals surface area (Å²) in [6.45, 7) is 14.1. The van der Waals surface area contributed by atoms with Crippen molar-refractivity contribution in [3.05, 3.63) is 148 Å². The molecule has 2 amide bonds. The Kier molecular flexibility index (Phi) is 15.0. The van der Waals surface area contributed by atoms with Gasteiger partial charge in [0.2, 0.25) is 11.8 Å². The van der Waals surface area contributed by atoms with Gasteiger partial charge >= 0.3 is 0 Å². The summed E-state index contributed by atoms with van der Waals surface area (Å²) in [5, 5.41) is 2.32. The highest BCUT2D eigenvalue weighted by molar-refractivity contribution is 6.24. The van der Waals surface area contributed by atoms with Crippen molar-refractivity contribution in [3.63, 3.8) is 0 Å². The summed E-state index contributed by atoms with van der Waals surface area (Å²) in [5.41, 5.74) is 10.9. The maximum absolute atomic E-state index is 13.3.